The molecule has 0 saturated carbocycles. The molecule has 192 valence electrons. The Morgan fingerprint density at radius 3 is 2.42 bits per heavy atom. The number of nitrogens with zero attached hydrogens (tertiary/aromatic N) is 3. The van der Waals surface area contributed by atoms with Gasteiger partial charge in [0.2, 0.25) is 0 Å². The zero-order valence-electron chi connectivity index (χ0n) is 21.3. The number of hydrogen-bond donors (Lipinski definition) is 2. The zero-order valence-corrected chi connectivity index (χ0v) is 23.1. The summed E-state index contributed by atoms with van der Waals surface area (Å²) in [5.41, 5.74) is 5.49. The van der Waals surface area contributed by atoms with Crippen LogP contribution < -0.4 is 43.9 Å². The molecule has 2 amide bonds. The molecule has 2 heterocycles. The number of hydrogen-bond acceptors (Lipinski definition) is 5. The fourth-order valence-electron chi connectivity index (χ4n) is 5.45. The minimum atomic E-state index is -4.36. The second-order valence-corrected chi connectivity index (χ2v) is 10.8. The number of aryl methyl sites for hydroxylation is 2. The van der Waals surface area contributed by atoms with Crippen LogP contribution in [-0.4, -0.2) is 49.9 Å². The van der Waals surface area contributed by atoms with Crippen LogP contribution in [0, 0.1) is 0 Å². The van der Waals surface area contributed by atoms with Gasteiger partial charge in [0.05, 0.1) is 17.9 Å². The number of nitrogens with one attached hydrogen (secondary N) is 2. The monoisotopic (exact) mass is 533 g/mol. The molecule has 2 N–H and O–H groups in total. The molecule has 1 aliphatic heterocycles. The predicted octanol–water partition coefficient (Wildman–Crippen LogP) is 0.294. The number of carbonyl (C=O) groups excluding carboxylic acids is 1. The van der Waals surface area contributed by atoms with Gasteiger partial charge in [0.25, 0.3) is 6.43 Å². The minimum absolute atomic E-state index is 0. The Morgan fingerprint density at radius 1 is 1.17 bits per heavy atom. The summed E-state index contributed by atoms with van der Waals surface area (Å²) in [5, 5.41) is 6.72. The molecule has 3 aliphatic rings. The van der Waals surface area contributed by atoms with Gasteiger partial charge in [-0.3, -0.25) is 4.68 Å². The van der Waals surface area contributed by atoms with Gasteiger partial charge >= 0.3 is 45.8 Å². The van der Waals surface area contributed by atoms with E-state index in [1.165, 1.54) is 23.5 Å². The van der Waals surface area contributed by atoms with E-state index in [-0.39, 0.29) is 36.7 Å². The maximum atomic E-state index is 13.5. The van der Waals surface area contributed by atoms with Crippen LogP contribution in [0.3, 0.4) is 0 Å². The normalized spacial score (nSPS) is 17.4. The maximum absolute atomic E-state index is 13.5. The summed E-state index contributed by atoms with van der Waals surface area (Å²) in [6, 6.07) is 0.897. The topological polar surface area (TPSA) is 106 Å². The van der Waals surface area contributed by atoms with Crippen LogP contribution in [0.1, 0.15) is 49.4 Å². The molecule has 0 unspecified atom stereocenters. The first-order valence-electron chi connectivity index (χ1n) is 12.0. The molecule has 13 heteroatoms. The Kier molecular flexibility index (Phi) is 8.60. The number of aromatic nitrogens is 2. The van der Waals surface area contributed by atoms with Crippen LogP contribution in [0.25, 0.3) is 0 Å². The average Bonchev–Trinajstić information content (AvgIpc) is 3.55. The van der Waals surface area contributed by atoms with Crippen LogP contribution in [0.15, 0.2) is 18.5 Å². The summed E-state index contributed by atoms with van der Waals surface area (Å²) in [4.78, 5) is 13.0. The Balaban J connectivity index is 0.00000190. The fraction of sp³-hybridized carbons (Fsp3) is 0.565. The van der Waals surface area contributed by atoms with E-state index in [0.29, 0.717) is 26.1 Å². The van der Waals surface area contributed by atoms with Crippen molar-refractivity contribution >= 4 is 27.6 Å². The molecule has 9 nitrogen and oxygen atoms in total. The van der Waals surface area contributed by atoms with Crippen molar-refractivity contribution in [3.8, 4) is 0 Å². The molecule has 0 bridgehead atoms. The molecule has 0 spiro atoms. The second kappa shape index (κ2) is 11.3. The first kappa shape index (κ1) is 27.3. The van der Waals surface area contributed by atoms with Gasteiger partial charge in [0, 0.05) is 25.1 Å². The van der Waals surface area contributed by atoms with E-state index in [1.807, 2.05) is 0 Å². The molecule has 1 fully saturated rings. The molecular formula is C23H30F2N5NaO4S. The molecule has 2 aliphatic carbocycles. The number of fused-ring (bicyclic) bond motifs is 2. The quantitative estimate of drug-likeness (QED) is 0.498. The number of anilines is 2. The molecule has 1 aromatic heterocycles. The van der Waals surface area contributed by atoms with Crippen LogP contribution in [0.2, 0.25) is 0 Å². The van der Waals surface area contributed by atoms with Crippen LogP contribution >= 0.6 is 0 Å². The van der Waals surface area contributed by atoms with Gasteiger partial charge in [-0.05, 0) is 73.6 Å². The van der Waals surface area contributed by atoms with Crippen molar-refractivity contribution in [3.63, 3.8) is 0 Å². The van der Waals surface area contributed by atoms with E-state index in [0.717, 1.165) is 64.3 Å². The van der Waals surface area contributed by atoms with Crippen LogP contribution in [0.4, 0.5) is 25.0 Å². The van der Waals surface area contributed by atoms with E-state index in [9.17, 15) is 22.0 Å². The van der Waals surface area contributed by atoms with Gasteiger partial charge in [0.15, 0.2) is 0 Å². The molecule has 0 radical (unpaired) electrons. The third kappa shape index (κ3) is 5.72. The van der Waals surface area contributed by atoms with Gasteiger partial charge in [-0.1, -0.05) is 6.07 Å². The number of halogens is 2. The largest absolute Gasteiger partial charge is 1.00 e. The van der Waals surface area contributed by atoms with Crippen molar-refractivity contribution in [3.05, 3.63) is 40.7 Å². The Labute approximate surface area is 232 Å². The summed E-state index contributed by atoms with van der Waals surface area (Å²) in [7, 11) is -4.36. The number of ether oxygens (including phenoxy) is 1. The van der Waals surface area contributed by atoms with E-state index >= 15 is 0 Å². The van der Waals surface area contributed by atoms with E-state index < -0.39 is 35.3 Å². The van der Waals surface area contributed by atoms with Crippen molar-refractivity contribution in [2.75, 3.05) is 22.8 Å². The van der Waals surface area contributed by atoms with Gasteiger partial charge in [-0.15, -0.1) is 0 Å². The number of amides is 2. The number of alkyl halides is 2. The third-order valence-electron chi connectivity index (χ3n) is 6.91. The molecule has 5 rings (SSSR count). The molecule has 2 aromatic rings. The van der Waals surface area contributed by atoms with E-state index in [4.69, 9.17) is 4.74 Å². The maximum Gasteiger partial charge on any atom is 1.00 e. The van der Waals surface area contributed by atoms with Crippen molar-refractivity contribution in [2.24, 2.45) is 0 Å². The molecule has 1 saturated heterocycles. The number of carbonyl (C=O) groups is 1. The number of urea groups is 1. The van der Waals surface area contributed by atoms with E-state index in [1.54, 1.807) is 0 Å². The predicted molar refractivity (Wildman–Crippen MR) is 127 cm³/mol. The first-order valence-corrected chi connectivity index (χ1v) is 13.4. The SMILES string of the molecule is O=C(Nc1c2c(cc3c1CCC3)CCC2)NS(=O)(=O)N(c1cnn(CC(F)F)c1)C1CCOCC1.[H-].[Na+]. The van der Waals surface area contributed by atoms with Crippen molar-refractivity contribution in [1.29, 1.82) is 0 Å². The Morgan fingerprint density at radius 2 is 1.81 bits per heavy atom. The molecule has 1 aromatic carbocycles. The average molecular weight is 534 g/mol. The number of rotatable bonds is 7. The van der Waals surface area contributed by atoms with E-state index in [2.05, 4.69) is 21.2 Å². The summed E-state index contributed by atoms with van der Waals surface area (Å²) in [6.07, 6.45) is 6.29. The van der Waals surface area contributed by atoms with Gasteiger partial charge in [0.1, 0.15) is 6.54 Å². The zero-order chi connectivity index (χ0) is 24.6. The fourth-order valence-corrected chi connectivity index (χ4v) is 6.80. The standard InChI is InChI=1S/C23H29F2N5O4S.Na.H/c24-21(25)14-29-13-18(12-26-29)30(17-7-9-34-10-8-17)35(32,33)28-23(31)27-22-19-5-1-3-15(19)11-16-4-2-6-20(16)22;;/h11-13,17,21H,1-10,14H2,(H2,27,28,31);;/q;+1;-1. The number of benzene rings is 1. The van der Waals surface area contributed by atoms with Gasteiger partial charge in [-0.2, -0.15) is 13.5 Å². The summed E-state index contributed by atoms with van der Waals surface area (Å²) in [6.45, 7) is 0.0620. The second-order valence-electron chi connectivity index (χ2n) is 9.25. The Hall–Kier alpha value is -1.73. The minimum Gasteiger partial charge on any atom is -1.00 e. The summed E-state index contributed by atoms with van der Waals surface area (Å²) < 4.78 is 62.1. The molecule has 0 atom stereocenters. The summed E-state index contributed by atoms with van der Waals surface area (Å²) in [5.74, 6) is 0. The smallest absolute Gasteiger partial charge is 1.00 e. The molecular weight excluding hydrogens is 503 g/mol. The van der Waals surface area contributed by atoms with Crippen LogP contribution in [-0.2, 0) is 47.2 Å². The van der Waals surface area contributed by atoms with Gasteiger partial charge in [-0.25, -0.2) is 22.6 Å². The van der Waals surface area contributed by atoms with Gasteiger partial charge < -0.3 is 11.5 Å². The summed E-state index contributed by atoms with van der Waals surface area (Å²) >= 11 is 0. The molecule has 36 heavy (non-hydrogen) atoms. The Bertz CT molecular complexity index is 1190. The third-order valence-corrected chi connectivity index (χ3v) is 8.38. The van der Waals surface area contributed by atoms with Crippen molar-refractivity contribution in [1.82, 2.24) is 14.5 Å². The van der Waals surface area contributed by atoms with Crippen molar-refractivity contribution < 1.29 is 57.7 Å². The van der Waals surface area contributed by atoms with Crippen LogP contribution in [0.5, 0.6) is 0 Å². The first-order chi connectivity index (χ1) is 16.8. The van der Waals surface area contributed by atoms with Crippen molar-refractivity contribution in [2.45, 2.75) is 70.4 Å².